The monoisotopic (exact) mass is 268 g/mol. The van der Waals surface area contributed by atoms with Gasteiger partial charge in [0.25, 0.3) is 0 Å². The molecule has 1 aromatic carbocycles. The highest BCUT2D eigenvalue weighted by molar-refractivity contribution is 5.94. The van der Waals surface area contributed by atoms with Crippen LogP contribution in [-0.4, -0.2) is 42.2 Å². The van der Waals surface area contributed by atoms with Crippen LogP contribution < -0.4 is 5.32 Å². The molecule has 0 aliphatic heterocycles. The fourth-order valence-electron chi connectivity index (χ4n) is 1.79. The summed E-state index contributed by atoms with van der Waals surface area (Å²) in [5.74, 6) is -1.97. The third-order valence-electron chi connectivity index (χ3n) is 3.35. The molecule has 19 heavy (non-hydrogen) atoms. The van der Waals surface area contributed by atoms with Crippen molar-refractivity contribution in [1.82, 2.24) is 4.90 Å². The van der Waals surface area contributed by atoms with Crippen LogP contribution in [0.3, 0.4) is 0 Å². The summed E-state index contributed by atoms with van der Waals surface area (Å²) in [6.45, 7) is 5.59. The first-order chi connectivity index (χ1) is 8.97. The van der Waals surface area contributed by atoms with Crippen LogP contribution in [0.5, 0.6) is 0 Å². The maximum Gasteiger partial charge on any atom is 0.340 e. The zero-order valence-corrected chi connectivity index (χ0v) is 11.6. The van der Waals surface area contributed by atoms with E-state index in [2.05, 4.69) is 24.1 Å². The number of nitrogens with one attached hydrogen (secondary N) is 1. The van der Waals surface area contributed by atoms with E-state index in [4.69, 9.17) is 5.11 Å². The Balaban J connectivity index is 2.64. The number of rotatable bonds is 7. The van der Waals surface area contributed by atoms with Gasteiger partial charge in [0.2, 0.25) is 0 Å². The highest BCUT2D eigenvalue weighted by Crippen LogP contribution is 2.18. The summed E-state index contributed by atoms with van der Waals surface area (Å²) < 4.78 is 13.4. The van der Waals surface area contributed by atoms with Gasteiger partial charge in [0.1, 0.15) is 11.4 Å². The summed E-state index contributed by atoms with van der Waals surface area (Å²) >= 11 is 0. The molecule has 1 rings (SSSR count). The lowest BCUT2D eigenvalue weighted by atomic mass is 10.1. The Morgan fingerprint density at radius 1 is 1.53 bits per heavy atom. The molecule has 4 nitrogen and oxygen atoms in total. The second-order valence-corrected chi connectivity index (χ2v) is 4.63. The molecule has 1 aromatic rings. The Morgan fingerprint density at radius 2 is 2.21 bits per heavy atom. The molecule has 0 aromatic heterocycles. The van der Waals surface area contributed by atoms with Gasteiger partial charge in [-0.3, -0.25) is 0 Å². The van der Waals surface area contributed by atoms with Gasteiger partial charge in [0.05, 0.1) is 5.69 Å². The molecule has 106 valence electrons. The standard InChI is InChI=1S/C14H21FN2O2/c1-4-10(2)17(3)9-8-16-12-7-5-6-11(15)13(12)14(18)19/h5-7,10,16H,4,8-9H2,1-3H3,(H,18,19). The molecule has 0 amide bonds. The van der Waals surface area contributed by atoms with Crippen LogP contribution in [0.15, 0.2) is 18.2 Å². The Hall–Kier alpha value is -1.62. The van der Waals surface area contributed by atoms with Gasteiger partial charge in [-0.05, 0) is 32.5 Å². The van der Waals surface area contributed by atoms with Gasteiger partial charge < -0.3 is 15.3 Å². The van der Waals surface area contributed by atoms with Crippen molar-refractivity contribution < 1.29 is 14.3 Å². The number of hydrogen-bond donors (Lipinski definition) is 2. The van der Waals surface area contributed by atoms with Crippen molar-refractivity contribution in [2.45, 2.75) is 26.3 Å². The molecule has 1 atom stereocenters. The summed E-state index contributed by atoms with van der Waals surface area (Å²) in [6, 6.07) is 4.70. The Labute approximate surface area is 113 Å². The number of carboxylic acids is 1. The third kappa shape index (κ3) is 4.21. The first-order valence-corrected chi connectivity index (χ1v) is 6.43. The molecule has 0 aliphatic carbocycles. The van der Waals surface area contributed by atoms with Crippen LogP contribution in [-0.2, 0) is 0 Å². The quantitative estimate of drug-likeness (QED) is 0.798. The minimum atomic E-state index is -1.25. The van der Waals surface area contributed by atoms with E-state index >= 15 is 0 Å². The van der Waals surface area contributed by atoms with Gasteiger partial charge in [0.15, 0.2) is 0 Å². The summed E-state index contributed by atoms with van der Waals surface area (Å²) in [4.78, 5) is 13.2. The van der Waals surface area contributed by atoms with Crippen molar-refractivity contribution >= 4 is 11.7 Å². The summed E-state index contributed by atoms with van der Waals surface area (Å²) in [7, 11) is 2.01. The van der Waals surface area contributed by atoms with E-state index in [0.29, 0.717) is 18.3 Å². The Morgan fingerprint density at radius 3 is 2.79 bits per heavy atom. The van der Waals surface area contributed by atoms with E-state index in [0.717, 1.165) is 19.0 Å². The topological polar surface area (TPSA) is 52.6 Å². The second kappa shape index (κ2) is 7.09. The van der Waals surface area contributed by atoms with E-state index in [-0.39, 0.29) is 5.56 Å². The number of carboxylic acid groups (broad SMARTS) is 1. The highest BCUT2D eigenvalue weighted by atomic mass is 19.1. The number of anilines is 1. The number of carbonyl (C=O) groups is 1. The predicted molar refractivity (Wildman–Crippen MR) is 74.2 cm³/mol. The smallest absolute Gasteiger partial charge is 0.340 e. The molecule has 0 aliphatic rings. The molecule has 0 fully saturated rings. The fraction of sp³-hybridized carbons (Fsp3) is 0.500. The number of hydrogen-bond acceptors (Lipinski definition) is 3. The van der Waals surface area contributed by atoms with Gasteiger partial charge in [0, 0.05) is 19.1 Å². The number of likely N-dealkylation sites (N-methyl/N-ethyl adjacent to an activating group) is 1. The first-order valence-electron chi connectivity index (χ1n) is 6.43. The van der Waals surface area contributed by atoms with E-state index in [1.807, 2.05) is 7.05 Å². The lowest BCUT2D eigenvalue weighted by molar-refractivity contribution is 0.0693. The molecule has 0 radical (unpaired) electrons. The zero-order chi connectivity index (χ0) is 14.4. The molecule has 0 saturated heterocycles. The van der Waals surface area contributed by atoms with Crippen molar-refractivity contribution in [3.63, 3.8) is 0 Å². The van der Waals surface area contributed by atoms with Crippen molar-refractivity contribution in [3.8, 4) is 0 Å². The van der Waals surface area contributed by atoms with Crippen molar-refractivity contribution in [2.75, 3.05) is 25.5 Å². The summed E-state index contributed by atoms with van der Waals surface area (Å²) in [5.41, 5.74) is 0.0266. The second-order valence-electron chi connectivity index (χ2n) is 4.63. The molecular formula is C14H21FN2O2. The van der Waals surface area contributed by atoms with Crippen LogP contribution in [0.4, 0.5) is 10.1 Å². The number of benzene rings is 1. The SMILES string of the molecule is CCC(C)N(C)CCNc1cccc(F)c1C(=O)O. The lowest BCUT2D eigenvalue weighted by Crippen LogP contribution is -2.32. The van der Waals surface area contributed by atoms with Crippen LogP contribution in [0.25, 0.3) is 0 Å². The molecule has 1 unspecified atom stereocenters. The minimum absolute atomic E-state index is 0.298. The summed E-state index contributed by atoms with van der Waals surface area (Å²) in [5, 5.41) is 12.0. The average Bonchev–Trinajstić information content (AvgIpc) is 2.37. The minimum Gasteiger partial charge on any atom is -0.478 e. The van der Waals surface area contributed by atoms with E-state index in [1.165, 1.54) is 6.07 Å². The molecule has 0 saturated carbocycles. The van der Waals surface area contributed by atoms with Crippen LogP contribution >= 0.6 is 0 Å². The third-order valence-corrected chi connectivity index (χ3v) is 3.35. The van der Waals surface area contributed by atoms with Gasteiger partial charge in [-0.15, -0.1) is 0 Å². The van der Waals surface area contributed by atoms with Crippen molar-refractivity contribution in [3.05, 3.63) is 29.6 Å². The number of halogens is 1. The fourth-order valence-corrected chi connectivity index (χ4v) is 1.79. The van der Waals surface area contributed by atoms with Crippen LogP contribution in [0, 0.1) is 5.82 Å². The molecule has 5 heteroatoms. The Bertz CT molecular complexity index is 437. The molecule has 0 bridgehead atoms. The predicted octanol–water partition coefficient (Wildman–Crippen LogP) is 2.67. The van der Waals surface area contributed by atoms with Gasteiger partial charge in [-0.2, -0.15) is 0 Å². The van der Waals surface area contributed by atoms with E-state index in [9.17, 15) is 9.18 Å². The van der Waals surface area contributed by atoms with Gasteiger partial charge >= 0.3 is 5.97 Å². The average molecular weight is 268 g/mol. The van der Waals surface area contributed by atoms with E-state index < -0.39 is 11.8 Å². The van der Waals surface area contributed by atoms with Crippen LogP contribution in [0.2, 0.25) is 0 Å². The zero-order valence-electron chi connectivity index (χ0n) is 11.6. The molecule has 0 spiro atoms. The molecular weight excluding hydrogens is 247 g/mol. The normalized spacial score (nSPS) is 12.5. The first kappa shape index (κ1) is 15.4. The van der Waals surface area contributed by atoms with Gasteiger partial charge in [-0.25, -0.2) is 9.18 Å². The lowest BCUT2D eigenvalue weighted by Gasteiger charge is -2.23. The molecule has 0 heterocycles. The number of nitrogens with zero attached hydrogens (tertiary/aromatic N) is 1. The highest BCUT2D eigenvalue weighted by Gasteiger charge is 2.15. The van der Waals surface area contributed by atoms with Gasteiger partial charge in [-0.1, -0.05) is 13.0 Å². The van der Waals surface area contributed by atoms with Crippen molar-refractivity contribution in [1.29, 1.82) is 0 Å². The Kier molecular flexibility index (Phi) is 5.76. The largest absolute Gasteiger partial charge is 0.478 e. The summed E-state index contributed by atoms with van der Waals surface area (Å²) in [6.07, 6.45) is 1.05. The molecule has 2 N–H and O–H groups in total. The van der Waals surface area contributed by atoms with Crippen LogP contribution in [0.1, 0.15) is 30.6 Å². The maximum atomic E-state index is 13.4. The maximum absolute atomic E-state index is 13.4. The van der Waals surface area contributed by atoms with Crippen molar-refractivity contribution in [2.24, 2.45) is 0 Å². The van der Waals surface area contributed by atoms with E-state index in [1.54, 1.807) is 6.07 Å². The number of aromatic carboxylic acids is 1.